The Hall–Kier alpha value is -7.79. The van der Waals surface area contributed by atoms with Crippen LogP contribution in [0.1, 0.15) is 0 Å². The van der Waals surface area contributed by atoms with Gasteiger partial charge in [-0.15, -0.1) is 0 Å². The molecule has 0 aliphatic carbocycles. The molecule has 2 aliphatic rings. The van der Waals surface area contributed by atoms with Crippen molar-refractivity contribution in [2.45, 2.75) is 0 Å². The Labute approximate surface area is 349 Å². The van der Waals surface area contributed by atoms with Gasteiger partial charge in [-0.2, -0.15) is 0 Å². The molecule has 61 heavy (non-hydrogen) atoms. The van der Waals surface area contributed by atoms with Crippen LogP contribution in [0.25, 0.3) is 82.5 Å². The molecule has 0 atom stereocenters. The van der Waals surface area contributed by atoms with E-state index in [0.717, 1.165) is 60.9 Å². The summed E-state index contributed by atoms with van der Waals surface area (Å²) in [4.78, 5) is 0. The van der Waals surface area contributed by atoms with Crippen LogP contribution in [-0.4, -0.2) is 13.7 Å². The summed E-state index contributed by atoms with van der Waals surface area (Å²) in [7, 11) is -3.57. The summed E-state index contributed by atoms with van der Waals surface area (Å²) in [5.74, 6) is 2.20. The fourth-order valence-corrected chi connectivity index (χ4v) is 13.3. The molecule has 0 unspecified atom stereocenters. The first-order chi connectivity index (χ1) is 30.1. The molecule has 286 valence electrons. The maximum Gasteiger partial charge on any atom is 0.185 e. The first-order valence-electron chi connectivity index (χ1n) is 20.5. The largest absolute Gasteiger partial charge is 0.455 e. The number of hydrogen-bond donors (Lipinski definition) is 0. The van der Waals surface area contributed by atoms with E-state index in [2.05, 4.69) is 184 Å². The van der Waals surface area contributed by atoms with E-state index >= 15 is 4.57 Å². The lowest BCUT2D eigenvalue weighted by Crippen LogP contribution is -2.35. The van der Waals surface area contributed by atoms with Gasteiger partial charge in [-0.25, -0.2) is 0 Å². The fraction of sp³-hybridized carbons (Fsp3) is 0. The van der Waals surface area contributed by atoms with Gasteiger partial charge >= 0.3 is 0 Å². The lowest BCUT2D eigenvalue weighted by Gasteiger charge is -2.35. The number of benzene rings is 9. The predicted molar refractivity (Wildman–Crippen MR) is 249 cm³/mol. The Morgan fingerprint density at radius 3 is 0.918 bits per heavy atom. The number of para-hydroxylation sites is 6. The third kappa shape index (κ3) is 4.34. The van der Waals surface area contributed by atoms with Gasteiger partial charge in [0, 0.05) is 68.0 Å². The zero-order valence-corrected chi connectivity index (χ0v) is 33.4. The Kier molecular flexibility index (Phi) is 6.46. The van der Waals surface area contributed by atoms with Crippen LogP contribution in [0.5, 0.6) is 23.0 Å². The van der Waals surface area contributed by atoms with Crippen molar-refractivity contribution in [3.63, 3.8) is 0 Å². The highest BCUT2D eigenvalue weighted by Crippen LogP contribution is 2.59. The maximum atomic E-state index is 16.6. The van der Waals surface area contributed by atoms with E-state index in [9.17, 15) is 0 Å². The minimum atomic E-state index is -3.57. The molecule has 0 fully saturated rings. The van der Waals surface area contributed by atoms with Crippen molar-refractivity contribution in [3.8, 4) is 40.1 Å². The average Bonchev–Trinajstić information content (AvgIpc) is 3.95. The smallest absolute Gasteiger partial charge is 0.185 e. The maximum absolute atomic E-state index is 16.6. The molecule has 5 heterocycles. The quantitative estimate of drug-likeness (QED) is 0.167. The molecule has 3 aromatic heterocycles. The standard InChI is InChI=1S/C54H32N3O3P/c58-61-52-27-25-33(55-42-19-7-1-13-36(42)37-14-2-8-20-43(37)55)29-48(52)59-50-31-35(57-46-23-11-5-17-40(46)41-18-6-12-24-47(41)57)32-51(54(50)61)60-49-30-34(26-28-53(49)61)56-44-21-9-3-15-38(44)39-16-4-10-22-45(39)56/h1-32H. The van der Waals surface area contributed by atoms with E-state index in [0.29, 0.717) is 38.9 Å². The van der Waals surface area contributed by atoms with Gasteiger partial charge < -0.3 is 27.7 Å². The van der Waals surface area contributed by atoms with Crippen molar-refractivity contribution in [2.24, 2.45) is 0 Å². The van der Waals surface area contributed by atoms with Crippen LogP contribution in [-0.2, 0) is 4.57 Å². The molecule has 14 rings (SSSR count). The van der Waals surface area contributed by atoms with Gasteiger partial charge in [-0.1, -0.05) is 109 Å². The molecule has 12 aromatic rings. The Morgan fingerprint density at radius 1 is 0.311 bits per heavy atom. The van der Waals surface area contributed by atoms with Crippen molar-refractivity contribution >= 4 is 88.5 Å². The first-order valence-corrected chi connectivity index (χ1v) is 22.2. The Bertz CT molecular complexity index is 3590. The molecular formula is C54H32N3O3P. The number of rotatable bonds is 3. The highest BCUT2D eigenvalue weighted by atomic mass is 31.2. The van der Waals surface area contributed by atoms with Crippen LogP contribution in [0.4, 0.5) is 0 Å². The monoisotopic (exact) mass is 801 g/mol. The summed E-state index contributed by atoms with van der Waals surface area (Å²) < 4.78 is 37.5. The van der Waals surface area contributed by atoms with Gasteiger partial charge in [0.25, 0.3) is 0 Å². The molecule has 0 saturated carbocycles. The molecule has 0 N–H and O–H groups in total. The SMILES string of the molecule is O=P12c3ccc(-n4c5ccccc5c5ccccc54)cc3Oc3cc(-n4c5ccccc5c5ccccc54)cc(c31)Oc1cc(-n3c4ccccc4c4ccccc43)ccc12. The predicted octanol–water partition coefficient (Wildman–Crippen LogP) is 12.8. The van der Waals surface area contributed by atoms with E-state index in [1.807, 2.05) is 24.3 Å². The summed E-state index contributed by atoms with van der Waals surface area (Å²) >= 11 is 0. The zero-order valence-electron chi connectivity index (χ0n) is 32.5. The summed E-state index contributed by atoms with van der Waals surface area (Å²) in [5, 5.41) is 8.90. The molecular weight excluding hydrogens is 770 g/mol. The second-order valence-electron chi connectivity index (χ2n) is 16.0. The highest BCUT2D eigenvalue weighted by molar-refractivity contribution is 7.86. The highest BCUT2D eigenvalue weighted by Gasteiger charge is 2.47. The van der Waals surface area contributed by atoms with Crippen molar-refractivity contribution in [1.82, 2.24) is 13.7 Å². The zero-order chi connectivity index (χ0) is 40.0. The molecule has 0 radical (unpaired) electrons. The number of fused-ring (bicyclic) bond motifs is 13. The summed E-state index contributed by atoms with van der Waals surface area (Å²) in [6.07, 6.45) is 0. The Morgan fingerprint density at radius 2 is 0.590 bits per heavy atom. The van der Waals surface area contributed by atoms with Gasteiger partial charge in [0.05, 0.1) is 49.4 Å². The van der Waals surface area contributed by atoms with E-state index in [4.69, 9.17) is 9.47 Å². The minimum Gasteiger partial charge on any atom is -0.455 e. The van der Waals surface area contributed by atoms with Crippen molar-refractivity contribution in [3.05, 3.63) is 194 Å². The first kappa shape index (κ1) is 33.1. The van der Waals surface area contributed by atoms with Crippen LogP contribution < -0.4 is 25.4 Å². The van der Waals surface area contributed by atoms with Gasteiger partial charge in [0.2, 0.25) is 0 Å². The summed E-state index contributed by atoms with van der Waals surface area (Å²) in [6, 6.07) is 67.2. The number of ether oxygens (including phenoxy) is 2. The second kappa shape index (κ2) is 11.9. The normalized spacial score (nSPS) is 13.7. The van der Waals surface area contributed by atoms with Gasteiger partial charge in [0.1, 0.15) is 28.3 Å². The molecule has 0 amide bonds. The fourth-order valence-electron chi connectivity index (χ4n) is 10.3. The number of aromatic nitrogens is 3. The van der Waals surface area contributed by atoms with Crippen LogP contribution in [0.2, 0.25) is 0 Å². The third-order valence-corrected chi connectivity index (χ3v) is 16.0. The van der Waals surface area contributed by atoms with Crippen molar-refractivity contribution < 1.29 is 14.0 Å². The molecule has 7 heteroatoms. The Balaban J connectivity index is 1.04. The lowest BCUT2D eigenvalue weighted by atomic mass is 10.2. The van der Waals surface area contributed by atoms with Crippen LogP contribution in [0.3, 0.4) is 0 Å². The summed E-state index contributed by atoms with van der Waals surface area (Å²) in [6.45, 7) is 0. The van der Waals surface area contributed by atoms with Crippen molar-refractivity contribution in [1.29, 1.82) is 0 Å². The van der Waals surface area contributed by atoms with Crippen LogP contribution in [0.15, 0.2) is 194 Å². The molecule has 0 spiro atoms. The second-order valence-corrected chi connectivity index (χ2v) is 18.6. The molecule has 9 aromatic carbocycles. The van der Waals surface area contributed by atoms with E-state index < -0.39 is 7.14 Å². The van der Waals surface area contributed by atoms with Gasteiger partial charge in [-0.05, 0) is 60.7 Å². The van der Waals surface area contributed by atoms with E-state index in [1.54, 1.807) is 0 Å². The molecule has 2 aliphatic heterocycles. The molecule has 6 nitrogen and oxygen atoms in total. The average molecular weight is 802 g/mol. The molecule has 0 bridgehead atoms. The van der Waals surface area contributed by atoms with Gasteiger partial charge in [-0.3, -0.25) is 0 Å². The third-order valence-electron chi connectivity index (χ3n) is 12.9. The topological polar surface area (TPSA) is 50.3 Å². The lowest BCUT2D eigenvalue weighted by molar-refractivity contribution is 0.461. The summed E-state index contributed by atoms with van der Waals surface area (Å²) in [5.41, 5.74) is 9.23. The van der Waals surface area contributed by atoms with Crippen LogP contribution >= 0.6 is 7.14 Å². The van der Waals surface area contributed by atoms with Gasteiger partial charge in [0.15, 0.2) is 7.14 Å². The van der Waals surface area contributed by atoms with Crippen molar-refractivity contribution in [2.75, 3.05) is 0 Å². The van der Waals surface area contributed by atoms with E-state index in [-0.39, 0.29) is 0 Å². The van der Waals surface area contributed by atoms with E-state index in [1.165, 1.54) is 21.5 Å². The number of nitrogens with zero attached hydrogens (tertiary/aromatic N) is 3. The van der Waals surface area contributed by atoms with Crippen LogP contribution in [0, 0.1) is 0 Å². The molecule has 0 saturated heterocycles. The minimum absolute atomic E-state index is 0.529. The number of hydrogen-bond acceptors (Lipinski definition) is 3.